The van der Waals surface area contributed by atoms with E-state index in [1.165, 1.54) is 4.90 Å². The predicted molar refractivity (Wildman–Crippen MR) is 130 cm³/mol. The highest BCUT2D eigenvalue weighted by Crippen LogP contribution is 2.61. The second-order valence-corrected chi connectivity index (χ2v) is 10.1. The molecule has 1 aliphatic heterocycles. The molecule has 35 heavy (non-hydrogen) atoms. The fourth-order valence-electron chi connectivity index (χ4n) is 6.46. The molecule has 0 radical (unpaired) electrons. The quantitative estimate of drug-likeness (QED) is 0.407. The molecule has 2 amide bonds. The van der Waals surface area contributed by atoms with Crippen LogP contribution in [-0.4, -0.2) is 28.7 Å². The first-order valence-electron chi connectivity index (χ1n) is 12.2. The molecule has 0 aromatic heterocycles. The largest absolute Gasteiger partial charge is 0.459 e. The monoisotopic (exact) mass is 465 g/mol. The van der Waals surface area contributed by atoms with Crippen LogP contribution in [0.2, 0.25) is 0 Å². The first kappa shape index (κ1) is 21.8. The van der Waals surface area contributed by atoms with Gasteiger partial charge in [-0.1, -0.05) is 92.7 Å². The molecule has 1 fully saturated rings. The van der Waals surface area contributed by atoms with Crippen molar-refractivity contribution in [2.24, 2.45) is 17.8 Å². The molecule has 5 nitrogen and oxygen atoms in total. The van der Waals surface area contributed by atoms with Crippen LogP contribution in [-0.2, 0) is 25.7 Å². The number of carbonyl (C=O) groups is 3. The molecule has 3 aliphatic carbocycles. The van der Waals surface area contributed by atoms with Gasteiger partial charge in [0.2, 0.25) is 11.8 Å². The van der Waals surface area contributed by atoms with Crippen LogP contribution in [0.1, 0.15) is 53.5 Å². The molecule has 0 N–H and O–H groups in total. The van der Waals surface area contributed by atoms with Gasteiger partial charge < -0.3 is 4.74 Å². The number of likely N-dealkylation sites (tertiary alicyclic amines) is 1. The van der Waals surface area contributed by atoms with Gasteiger partial charge in [0.15, 0.2) is 0 Å². The number of amides is 2. The van der Waals surface area contributed by atoms with Crippen molar-refractivity contribution in [3.05, 3.63) is 107 Å². The topological polar surface area (TPSA) is 63.7 Å². The summed E-state index contributed by atoms with van der Waals surface area (Å²) in [7, 11) is 0. The Hall–Kier alpha value is -3.73. The Morgan fingerprint density at radius 1 is 0.743 bits per heavy atom. The third kappa shape index (κ3) is 3.18. The number of esters is 1. The fraction of sp³-hybridized carbons (Fsp3) is 0.300. The summed E-state index contributed by atoms with van der Waals surface area (Å²) in [6.45, 7) is 3.82. The maximum atomic E-state index is 14.0. The lowest BCUT2D eigenvalue weighted by Gasteiger charge is -2.45. The van der Waals surface area contributed by atoms with Gasteiger partial charge in [-0.15, -0.1) is 0 Å². The number of nitrogens with zero attached hydrogens (tertiary/aromatic N) is 1. The number of benzene rings is 3. The van der Waals surface area contributed by atoms with Gasteiger partial charge in [-0.05, 0) is 33.7 Å². The molecule has 2 bridgehead atoms. The first-order chi connectivity index (χ1) is 17.0. The average Bonchev–Trinajstić information content (AvgIpc) is 3.14. The van der Waals surface area contributed by atoms with Crippen molar-refractivity contribution in [1.29, 1.82) is 0 Å². The fourth-order valence-corrected chi connectivity index (χ4v) is 6.46. The molecule has 1 saturated heterocycles. The van der Waals surface area contributed by atoms with Crippen molar-refractivity contribution in [3.8, 4) is 0 Å². The summed E-state index contributed by atoms with van der Waals surface area (Å²) in [5.41, 5.74) is 5.34. The van der Waals surface area contributed by atoms with Crippen LogP contribution < -0.4 is 0 Å². The van der Waals surface area contributed by atoms with Crippen molar-refractivity contribution >= 4 is 17.8 Å². The summed E-state index contributed by atoms with van der Waals surface area (Å²) >= 11 is 0. The summed E-state index contributed by atoms with van der Waals surface area (Å²) in [5.74, 6) is -2.69. The van der Waals surface area contributed by atoms with E-state index < -0.39 is 23.8 Å². The highest BCUT2D eigenvalue weighted by Gasteiger charge is 2.63. The highest BCUT2D eigenvalue weighted by molar-refractivity contribution is 6.10. The molecule has 3 aromatic rings. The molecule has 3 atom stereocenters. The number of rotatable bonds is 5. The molecule has 0 unspecified atom stereocenters. The molecule has 1 heterocycles. The van der Waals surface area contributed by atoms with Crippen molar-refractivity contribution in [2.45, 2.75) is 38.3 Å². The van der Waals surface area contributed by atoms with Crippen LogP contribution in [0.25, 0.3) is 0 Å². The highest BCUT2D eigenvalue weighted by atomic mass is 16.5. The molecular weight excluding hydrogens is 438 g/mol. The van der Waals surface area contributed by atoms with Crippen molar-refractivity contribution < 1.29 is 19.1 Å². The summed E-state index contributed by atoms with van der Waals surface area (Å²) in [6, 6.07) is 24.8. The molecule has 0 spiro atoms. The molecule has 4 aliphatic rings. The molecule has 3 aromatic carbocycles. The van der Waals surface area contributed by atoms with Crippen molar-refractivity contribution in [3.63, 3.8) is 0 Å². The summed E-state index contributed by atoms with van der Waals surface area (Å²) < 4.78 is 5.62. The standard InChI is InChI=1S/C30H27NO4/c1-17(2)27(30(34)35-16-18-10-4-3-5-11-18)31-28(32)25-23-19-12-6-7-13-20(19)24(26(25)29(31)33)22-15-9-8-14-21(22)23/h3-15,17,23-27H,16H2,1-2H3/t23?,24?,25-,26-,27-/m1/s1. The van der Waals surface area contributed by atoms with Crippen LogP contribution in [0.15, 0.2) is 78.9 Å². The lowest BCUT2D eigenvalue weighted by atomic mass is 9.55. The lowest BCUT2D eigenvalue weighted by Crippen LogP contribution is -2.49. The predicted octanol–water partition coefficient (Wildman–Crippen LogP) is 4.65. The van der Waals surface area contributed by atoms with E-state index in [0.717, 1.165) is 27.8 Å². The van der Waals surface area contributed by atoms with Gasteiger partial charge >= 0.3 is 5.97 Å². The molecule has 0 saturated carbocycles. The van der Waals surface area contributed by atoms with E-state index in [1.54, 1.807) is 0 Å². The summed E-state index contributed by atoms with van der Waals surface area (Å²) in [6.07, 6.45) is 0. The van der Waals surface area contributed by atoms with Gasteiger partial charge in [-0.2, -0.15) is 0 Å². The van der Waals surface area contributed by atoms with E-state index in [9.17, 15) is 14.4 Å². The van der Waals surface area contributed by atoms with Gasteiger partial charge in [0, 0.05) is 11.8 Å². The van der Waals surface area contributed by atoms with E-state index in [0.29, 0.717) is 0 Å². The Kier molecular flexibility index (Phi) is 5.10. The van der Waals surface area contributed by atoms with Crippen molar-refractivity contribution in [2.75, 3.05) is 0 Å². The zero-order valence-corrected chi connectivity index (χ0v) is 19.8. The number of ether oxygens (including phenoxy) is 1. The third-order valence-electron chi connectivity index (χ3n) is 7.86. The zero-order valence-electron chi connectivity index (χ0n) is 19.8. The van der Waals surface area contributed by atoms with E-state index in [-0.39, 0.29) is 36.2 Å². The van der Waals surface area contributed by atoms with E-state index in [4.69, 9.17) is 4.74 Å². The smallest absolute Gasteiger partial charge is 0.329 e. The maximum absolute atomic E-state index is 14.0. The Bertz CT molecular complexity index is 1220. The minimum absolute atomic E-state index is 0.105. The molecule has 7 rings (SSSR count). The molecule has 176 valence electrons. The van der Waals surface area contributed by atoms with Gasteiger partial charge in [0.25, 0.3) is 0 Å². The average molecular weight is 466 g/mol. The Morgan fingerprint density at radius 3 is 1.60 bits per heavy atom. The Balaban J connectivity index is 1.37. The number of carbonyl (C=O) groups excluding carboxylic acids is 3. The van der Waals surface area contributed by atoms with Crippen LogP contribution in [0.5, 0.6) is 0 Å². The van der Waals surface area contributed by atoms with Crippen LogP contribution >= 0.6 is 0 Å². The number of imide groups is 1. The second kappa shape index (κ2) is 8.19. The second-order valence-electron chi connectivity index (χ2n) is 10.1. The van der Waals surface area contributed by atoms with Gasteiger partial charge in [-0.25, -0.2) is 4.79 Å². The van der Waals surface area contributed by atoms with E-state index in [2.05, 4.69) is 24.3 Å². The van der Waals surface area contributed by atoms with Crippen LogP contribution in [0.4, 0.5) is 0 Å². The minimum atomic E-state index is -0.949. The van der Waals surface area contributed by atoms with E-state index in [1.807, 2.05) is 68.4 Å². The number of hydrogen-bond acceptors (Lipinski definition) is 4. The summed E-state index contributed by atoms with van der Waals surface area (Å²) in [5, 5.41) is 0. The van der Waals surface area contributed by atoms with Gasteiger partial charge in [0.1, 0.15) is 12.6 Å². The lowest BCUT2D eigenvalue weighted by molar-refractivity contribution is -0.161. The Morgan fingerprint density at radius 2 is 1.17 bits per heavy atom. The minimum Gasteiger partial charge on any atom is -0.459 e. The van der Waals surface area contributed by atoms with Crippen molar-refractivity contribution in [1.82, 2.24) is 4.90 Å². The zero-order chi connectivity index (χ0) is 24.3. The normalized spacial score (nSPS) is 24.7. The summed E-state index contributed by atoms with van der Waals surface area (Å²) in [4.78, 5) is 42.5. The SMILES string of the molecule is CC(C)[C@H](C(=O)OCc1ccccc1)N1C(=O)[C@@H]2C3c4ccccc4C(c4ccccc43)[C@H]2C1=O. The maximum Gasteiger partial charge on any atom is 0.329 e. The Labute approximate surface area is 204 Å². The molecular formula is C30H27NO4. The molecule has 5 heteroatoms. The van der Waals surface area contributed by atoms with Crippen LogP contribution in [0.3, 0.4) is 0 Å². The van der Waals surface area contributed by atoms with Gasteiger partial charge in [0.05, 0.1) is 11.8 Å². The van der Waals surface area contributed by atoms with Gasteiger partial charge in [-0.3, -0.25) is 14.5 Å². The third-order valence-corrected chi connectivity index (χ3v) is 7.86. The van der Waals surface area contributed by atoms with E-state index >= 15 is 0 Å². The number of hydrogen-bond donors (Lipinski definition) is 0. The first-order valence-corrected chi connectivity index (χ1v) is 12.2. The van der Waals surface area contributed by atoms with Crippen LogP contribution in [0, 0.1) is 17.8 Å².